The van der Waals surface area contributed by atoms with Crippen LogP contribution in [0.5, 0.6) is 0 Å². The fourth-order valence-corrected chi connectivity index (χ4v) is 3.98. The number of nitrogens with two attached hydrogens (primary N) is 1. The van der Waals surface area contributed by atoms with E-state index in [1.807, 2.05) is 0 Å². The predicted octanol–water partition coefficient (Wildman–Crippen LogP) is 3.25. The van der Waals surface area contributed by atoms with Crippen molar-refractivity contribution in [2.45, 2.75) is 63.5 Å². The van der Waals surface area contributed by atoms with Crippen molar-refractivity contribution in [1.29, 1.82) is 0 Å². The molecular formula is C15H26N2OS. The van der Waals surface area contributed by atoms with E-state index in [-0.39, 0.29) is 11.6 Å². The summed E-state index contributed by atoms with van der Waals surface area (Å²) in [5.74, 6) is 5.83. The average Bonchev–Trinajstić information content (AvgIpc) is 2.94. The molecular weight excluding hydrogens is 256 g/mol. The van der Waals surface area contributed by atoms with Gasteiger partial charge >= 0.3 is 0 Å². The molecule has 0 spiro atoms. The zero-order valence-electron chi connectivity index (χ0n) is 11.9. The zero-order valence-corrected chi connectivity index (χ0v) is 12.7. The molecule has 0 amide bonds. The normalized spacial score (nSPS) is 20.3. The van der Waals surface area contributed by atoms with Gasteiger partial charge in [0, 0.05) is 6.61 Å². The van der Waals surface area contributed by atoms with Crippen LogP contribution in [0, 0.1) is 0 Å². The number of thiophene rings is 1. The predicted molar refractivity (Wildman–Crippen MR) is 81.2 cm³/mol. The summed E-state index contributed by atoms with van der Waals surface area (Å²) in [6.07, 6.45) is 8.25. The zero-order chi connectivity index (χ0) is 13.6. The Hall–Kier alpha value is -0.420. The smallest absolute Gasteiger partial charge is 0.0848 e. The molecule has 19 heavy (non-hydrogen) atoms. The molecule has 1 saturated carbocycles. The van der Waals surface area contributed by atoms with Crippen molar-refractivity contribution in [3.8, 4) is 0 Å². The van der Waals surface area contributed by atoms with E-state index in [4.69, 9.17) is 10.6 Å². The van der Waals surface area contributed by atoms with Gasteiger partial charge in [-0.2, -0.15) is 11.3 Å². The van der Waals surface area contributed by atoms with Crippen molar-refractivity contribution in [2.75, 3.05) is 6.61 Å². The molecule has 1 aromatic heterocycles. The van der Waals surface area contributed by atoms with E-state index in [0.29, 0.717) is 0 Å². The maximum absolute atomic E-state index is 6.15. The molecule has 0 aliphatic heterocycles. The third kappa shape index (κ3) is 3.78. The maximum atomic E-state index is 6.15. The molecule has 1 heterocycles. The summed E-state index contributed by atoms with van der Waals surface area (Å²) in [7, 11) is 0. The summed E-state index contributed by atoms with van der Waals surface area (Å²) in [6.45, 7) is 2.86. The lowest BCUT2D eigenvalue weighted by atomic mass is 9.77. The average molecular weight is 282 g/mol. The molecule has 1 aliphatic rings. The molecule has 3 N–H and O–H groups in total. The summed E-state index contributed by atoms with van der Waals surface area (Å²) in [4.78, 5) is 0. The number of hydrogen-bond donors (Lipinski definition) is 2. The highest BCUT2D eigenvalue weighted by atomic mass is 32.1. The van der Waals surface area contributed by atoms with Gasteiger partial charge in [0.25, 0.3) is 0 Å². The Kier molecular flexibility index (Phi) is 5.82. The second-order valence-electron chi connectivity index (χ2n) is 5.45. The van der Waals surface area contributed by atoms with Crippen molar-refractivity contribution in [1.82, 2.24) is 5.43 Å². The Morgan fingerprint density at radius 2 is 2.21 bits per heavy atom. The number of nitrogens with one attached hydrogen (secondary N) is 1. The van der Waals surface area contributed by atoms with Crippen LogP contribution in [0.25, 0.3) is 0 Å². The van der Waals surface area contributed by atoms with E-state index in [1.165, 1.54) is 24.8 Å². The number of hydrazine groups is 1. The van der Waals surface area contributed by atoms with Crippen LogP contribution in [0.15, 0.2) is 16.8 Å². The monoisotopic (exact) mass is 282 g/mol. The van der Waals surface area contributed by atoms with E-state index < -0.39 is 0 Å². The van der Waals surface area contributed by atoms with Crippen molar-refractivity contribution in [2.24, 2.45) is 5.84 Å². The van der Waals surface area contributed by atoms with E-state index in [0.717, 1.165) is 32.3 Å². The lowest BCUT2D eigenvalue weighted by Crippen LogP contribution is -2.56. The van der Waals surface area contributed by atoms with Gasteiger partial charge in [-0.3, -0.25) is 11.3 Å². The van der Waals surface area contributed by atoms with E-state index >= 15 is 0 Å². The van der Waals surface area contributed by atoms with Crippen molar-refractivity contribution >= 4 is 11.3 Å². The minimum atomic E-state index is -0.0439. The number of ether oxygens (including phenoxy) is 1. The second-order valence-corrected chi connectivity index (χ2v) is 6.23. The van der Waals surface area contributed by atoms with E-state index in [1.54, 1.807) is 11.3 Å². The Morgan fingerprint density at radius 1 is 1.42 bits per heavy atom. The Bertz CT molecular complexity index is 342. The van der Waals surface area contributed by atoms with Gasteiger partial charge in [0.05, 0.1) is 11.6 Å². The lowest BCUT2D eigenvalue weighted by Gasteiger charge is -2.43. The van der Waals surface area contributed by atoms with Crippen LogP contribution in [0.1, 0.15) is 51.0 Å². The third-order valence-corrected chi connectivity index (χ3v) is 5.00. The molecule has 4 heteroatoms. The van der Waals surface area contributed by atoms with Gasteiger partial charge in [-0.25, -0.2) is 0 Å². The van der Waals surface area contributed by atoms with Crippen LogP contribution in [-0.2, 0) is 11.2 Å². The van der Waals surface area contributed by atoms with Crippen LogP contribution in [0.3, 0.4) is 0 Å². The van der Waals surface area contributed by atoms with Gasteiger partial charge < -0.3 is 4.74 Å². The Labute approximate surface area is 120 Å². The number of rotatable bonds is 7. The first-order valence-corrected chi connectivity index (χ1v) is 8.36. The topological polar surface area (TPSA) is 47.3 Å². The molecule has 1 aromatic rings. The SMILES string of the molecule is CCOC1(C(CCc2ccsc2)NN)CCCCC1. The highest BCUT2D eigenvalue weighted by molar-refractivity contribution is 7.07. The first-order valence-electron chi connectivity index (χ1n) is 7.42. The third-order valence-electron chi connectivity index (χ3n) is 4.27. The van der Waals surface area contributed by atoms with Crippen LogP contribution >= 0.6 is 11.3 Å². The summed E-state index contributed by atoms with van der Waals surface area (Å²) >= 11 is 1.76. The van der Waals surface area contributed by atoms with Gasteiger partial charge in [-0.15, -0.1) is 0 Å². The molecule has 1 atom stereocenters. The van der Waals surface area contributed by atoms with Crippen LogP contribution in [-0.4, -0.2) is 18.2 Å². The standard InChI is InChI=1S/C15H26N2OS/c1-2-18-15(9-4-3-5-10-15)14(17-16)7-6-13-8-11-19-12-13/h8,11-12,14,17H,2-7,9-10,16H2,1H3. The number of hydrogen-bond acceptors (Lipinski definition) is 4. The molecule has 1 unspecified atom stereocenters. The molecule has 3 nitrogen and oxygen atoms in total. The molecule has 0 radical (unpaired) electrons. The van der Waals surface area contributed by atoms with Crippen LogP contribution < -0.4 is 11.3 Å². The summed E-state index contributed by atoms with van der Waals surface area (Å²) in [5, 5.41) is 4.36. The minimum absolute atomic E-state index is 0.0439. The van der Waals surface area contributed by atoms with E-state index in [2.05, 4.69) is 29.2 Å². The van der Waals surface area contributed by atoms with Gasteiger partial charge in [0.1, 0.15) is 0 Å². The highest BCUT2D eigenvalue weighted by Gasteiger charge is 2.39. The molecule has 0 bridgehead atoms. The fourth-order valence-electron chi connectivity index (χ4n) is 3.28. The summed E-state index contributed by atoms with van der Waals surface area (Å²) < 4.78 is 6.15. The van der Waals surface area contributed by atoms with Gasteiger partial charge in [0.2, 0.25) is 0 Å². The molecule has 1 aliphatic carbocycles. The largest absolute Gasteiger partial charge is 0.374 e. The van der Waals surface area contributed by atoms with Crippen LogP contribution in [0.2, 0.25) is 0 Å². The molecule has 108 valence electrons. The van der Waals surface area contributed by atoms with Gasteiger partial charge in [0.15, 0.2) is 0 Å². The fraction of sp³-hybridized carbons (Fsp3) is 0.733. The first-order chi connectivity index (χ1) is 9.30. The molecule has 1 fully saturated rings. The molecule has 0 aromatic carbocycles. The van der Waals surface area contributed by atoms with Crippen LogP contribution in [0.4, 0.5) is 0 Å². The summed E-state index contributed by atoms with van der Waals surface area (Å²) in [5.41, 5.74) is 4.40. The van der Waals surface area contributed by atoms with Gasteiger partial charge in [-0.1, -0.05) is 19.3 Å². The van der Waals surface area contributed by atoms with Crippen molar-refractivity contribution < 1.29 is 4.74 Å². The maximum Gasteiger partial charge on any atom is 0.0848 e. The van der Waals surface area contributed by atoms with Crippen molar-refractivity contribution in [3.05, 3.63) is 22.4 Å². The Balaban J connectivity index is 1.99. The Morgan fingerprint density at radius 3 is 2.79 bits per heavy atom. The quantitative estimate of drug-likeness (QED) is 0.596. The first kappa shape index (κ1) is 15.0. The molecule has 0 saturated heterocycles. The van der Waals surface area contributed by atoms with Crippen molar-refractivity contribution in [3.63, 3.8) is 0 Å². The number of aryl methyl sites for hydroxylation is 1. The summed E-state index contributed by atoms with van der Waals surface area (Å²) in [6, 6.07) is 2.46. The molecule has 2 rings (SSSR count). The second kappa shape index (κ2) is 7.39. The van der Waals surface area contributed by atoms with Gasteiger partial charge in [-0.05, 0) is 55.0 Å². The highest BCUT2D eigenvalue weighted by Crippen LogP contribution is 2.36. The lowest BCUT2D eigenvalue weighted by molar-refractivity contribution is -0.0914. The van der Waals surface area contributed by atoms with E-state index in [9.17, 15) is 0 Å². The minimum Gasteiger partial charge on any atom is -0.374 e.